The molecule has 0 amide bonds. The van der Waals surface area contributed by atoms with Gasteiger partial charge in [-0.1, -0.05) is 22.4 Å². The van der Waals surface area contributed by atoms with Crippen LogP contribution in [0.4, 0.5) is 0 Å². The Bertz CT molecular complexity index is 500. The van der Waals surface area contributed by atoms with Crippen molar-refractivity contribution in [2.45, 2.75) is 35.4 Å². The van der Waals surface area contributed by atoms with Crippen LogP contribution in [0.3, 0.4) is 0 Å². The molecular weight excluding hydrogens is 318 g/mol. The average Bonchev–Trinajstić information content (AvgIpc) is 2.74. The fraction of sp³-hybridized carbons (Fsp3) is 0.727. The third-order valence-electron chi connectivity index (χ3n) is 3.27. The summed E-state index contributed by atoms with van der Waals surface area (Å²) in [7, 11) is -1.70. The fourth-order valence-corrected chi connectivity index (χ4v) is 4.21. The van der Waals surface area contributed by atoms with Gasteiger partial charge in [0.15, 0.2) is 0 Å². The molecule has 2 atom stereocenters. The Labute approximate surface area is 116 Å². The van der Waals surface area contributed by atoms with Gasteiger partial charge in [0.05, 0.1) is 6.20 Å². The van der Waals surface area contributed by atoms with Gasteiger partial charge in [0, 0.05) is 24.6 Å². The van der Waals surface area contributed by atoms with E-state index in [-0.39, 0.29) is 4.90 Å². The lowest BCUT2D eigenvalue weighted by Gasteiger charge is -2.25. The zero-order valence-electron chi connectivity index (χ0n) is 10.3. The summed E-state index contributed by atoms with van der Waals surface area (Å²) in [5, 5.41) is 3.88. The number of hydrogen-bond acceptors (Lipinski definition) is 3. The van der Waals surface area contributed by atoms with E-state index in [1.54, 1.807) is 7.05 Å². The second kappa shape index (κ2) is 5.71. The predicted octanol–water partition coefficient (Wildman–Crippen LogP) is 1.65. The van der Waals surface area contributed by atoms with Crippen LogP contribution in [0, 0.1) is 5.92 Å². The fourth-order valence-electron chi connectivity index (χ4n) is 2.26. The van der Waals surface area contributed by atoms with Crippen molar-refractivity contribution in [2.75, 3.05) is 6.54 Å². The van der Waals surface area contributed by atoms with Crippen LogP contribution in [0.25, 0.3) is 0 Å². The molecule has 0 bridgehead atoms. The lowest BCUT2D eigenvalue weighted by Crippen LogP contribution is -2.31. The number of halogens is 1. The molecule has 1 aliphatic rings. The first kappa shape index (κ1) is 14.0. The summed E-state index contributed by atoms with van der Waals surface area (Å²) in [6.07, 6.45) is 7.36. The normalized spacial score (nSPS) is 25.2. The maximum Gasteiger partial charge on any atom is 0.243 e. The Balaban J connectivity index is 1.93. The van der Waals surface area contributed by atoms with Gasteiger partial charge in [-0.25, -0.2) is 13.1 Å². The van der Waals surface area contributed by atoms with Gasteiger partial charge in [0.1, 0.15) is 4.90 Å². The minimum absolute atomic E-state index is 0.233. The SMILES string of the molecule is Cn1cc(S(=O)(=O)NCC2CCCC(Br)C2)cn1. The molecule has 18 heavy (non-hydrogen) atoms. The standard InChI is InChI=1S/C11H18BrN3O2S/c1-15-8-11(7-13-15)18(16,17)14-6-9-3-2-4-10(12)5-9/h7-10,14H,2-6H2,1H3. The molecule has 1 saturated carbocycles. The number of aryl methyl sites for hydroxylation is 1. The van der Waals surface area contributed by atoms with E-state index in [0.29, 0.717) is 17.3 Å². The van der Waals surface area contributed by atoms with E-state index in [4.69, 9.17) is 0 Å². The summed E-state index contributed by atoms with van der Waals surface area (Å²) in [6.45, 7) is 0.513. The third-order valence-corrected chi connectivity index (χ3v) is 5.48. The van der Waals surface area contributed by atoms with Gasteiger partial charge in [-0.15, -0.1) is 0 Å². The highest BCUT2D eigenvalue weighted by atomic mass is 79.9. The molecule has 2 unspecified atom stereocenters. The first-order valence-corrected chi connectivity index (χ1v) is 8.49. The molecule has 1 aliphatic carbocycles. The number of nitrogens with one attached hydrogen (secondary N) is 1. The second-order valence-corrected chi connectivity index (χ2v) is 7.89. The number of alkyl halides is 1. The molecule has 0 aromatic carbocycles. The van der Waals surface area contributed by atoms with Gasteiger partial charge in [0.2, 0.25) is 10.0 Å². The Kier molecular flexibility index (Phi) is 4.45. The predicted molar refractivity (Wildman–Crippen MR) is 73.1 cm³/mol. The molecule has 1 heterocycles. The summed E-state index contributed by atoms with van der Waals surface area (Å²) in [5.41, 5.74) is 0. The molecule has 0 spiro atoms. The molecule has 7 heteroatoms. The summed E-state index contributed by atoms with van der Waals surface area (Å²) in [4.78, 5) is 0.760. The second-order valence-electron chi connectivity index (χ2n) is 4.83. The van der Waals surface area contributed by atoms with E-state index in [1.165, 1.54) is 23.5 Å². The third kappa shape index (κ3) is 3.55. The number of hydrogen-bond donors (Lipinski definition) is 1. The van der Waals surface area contributed by atoms with E-state index >= 15 is 0 Å². The zero-order valence-corrected chi connectivity index (χ0v) is 12.7. The zero-order chi connectivity index (χ0) is 13.2. The van der Waals surface area contributed by atoms with Gasteiger partial charge in [-0.05, 0) is 25.2 Å². The van der Waals surface area contributed by atoms with Crippen LogP contribution in [-0.2, 0) is 17.1 Å². The van der Waals surface area contributed by atoms with E-state index in [0.717, 1.165) is 19.3 Å². The van der Waals surface area contributed by atoms with Crippen molar-refractivity contribution in [1.82, 2.24) is 14.5 Å². The number of aromatic nitrogens is 2. The molecule has 1 N–H and O–H groups in total. The number of rotatable bonds is 4. The monoisotopic (exact) mass is 335 g/mol. The van der Waals surface area contributed by atoms with Crippen molar-refractivity contribution in [3.8, 4) is 0 Å². The Hall–Kier alpha value is -0.400. The first-order chi connectivity index (χ1) is 8.47. The molecule has 0 saturated heterocycles. The molecule has 1 aromatic rings. The maximum atomic E-state index is 12.0. The van der Waals surface area contributed by atoms with Crippen LogP contribution >= 0.6 is 15.9 Å². The molecule has 102 valence electrons. The van der Waals surface area contributed by atoms with Crippen molar-refractivity contribution in [1.29, 1.82) is 0 Å². The van der Waals surface area contributed by atoms with Gasteiger partial charge < -0.3 is 0 Å². The summed E-state index contributed by atoms with van der Waals surface area (Å²) < 4.78 is 28.2. The number of sulfonamides is 1. The summed E-state index contributed by atoms with van der Waals surface area (Å²) >= 11 is 3.61. The Morgan fingerprint density at radius 2 is 2.33 bits per heavy atom. The van der Waals surface area contributed by atoms with Crippen LogP contribution in [0.15, 0.2) is 17.3 Å². The topological polar surface area (TPSA) is 64.0 Å². The number of nitrogens with zero attached hydrogens (tertiary/aromatic N) is 2. The molecule has 1 fully saturated rings. The van der Waals surface area contributed by atoms with Crippen LogP contribution in [-0.4, -0.2) is 29.6 Å². The van der Waals surface area contributed by atoms with Crippen molar-refractivity contribution in [3.05, 3.63) is 12.4 Å². The van der Waals surface area contributed by atoms with Gasteiger partial charge >= 0.3 is 0 Å². The van der Waals surface area contributed by atoms with Crippen molar-refractivity contribution in [2.24, 2.45) is 13.0 Å². The van der Waals surface area contributed by atoms with Crippen molar-refractivity contribution >= 4 is 26.0 Å². The molecule has 5 nitrogen and oxygen atoms in total. The molecule has 0 aliphatic heterocycles. The van der Waals surface area contributed by atoms with Crippen molar-refractivity contribution in [3.63, 3.8) is 0 Å². The highest BCUT2D eigenvalue weighted by molar-refractivity contribution is 9.09. The van der Waals surface area contributed by atoms with E-state index in [1.807, 2.05) is 0 Å². The lowest BCUT2D eigenvalue weighted by atomic mass is 9.89. The average molecular weight is 336 g/mol. The molecule has 2 rings (SSSR count). The molecular formula is C11H18BrN3O2S. The van der Waals surface area contributed by atoms with Crippen LogP contribution in [0.5, 0.6) is 0 Å². The minimum Gasteiger partial charge on any atom is -0.274 e. The Morgan fingerprint density at radius 1 is 1.56 bits per heavy atom. The van der Waals surface area contributed by atoms with E-state index < -0.39 is 10.0 Å². The highest BCUT2D eigenvalue weighted by Crippen LogP contribution is 2.28. The smallest absolute Gasteiger partial charge is 0.243 e. The van der Waals surface area contributed by atoms with Gasteiger partial charge in [-0.3, -0.25) is 4.68 Å². The van der Waals surface area contributed by atoms with Crippen molar-refractivity contribution < 1.29 is 8.42 Å². The highest BCUT2D eigenvalue weighted by Gasteiger charge is 2.23. The van der Waals surface area contributed by atoms with Crippen LogP contribution in [0.1, 0.15) is 25.7 Å². The Morgan fingerprint density at radius 3 is 2.94 bits per heavy atom. The van der Waals surface area contributed by atoms with Crippen LogP contribution in [0.2, 0.25) is 0 Å². The first-order valence-electron chi connectivity index (χ1n) is 6.10. The van der Waals surface area contributed by atoms with Crippen LogP contribution < -0.4 is 4.72 Å². The summed E-state index contributed by atoms with van der Waals surface area (Å²) in [5.74, 6) is 0.426. The van der Waals surface area contributed by atoms with Gasteiger partial charge in [-0.2, -0.15) is 5.10 Å². The lowest BCUT2D eigenvalue weighted by molar-refractivity contribution is 0.368. The quantitative estimate of drug-likeness (QED) is 0.851. The summed E-state index contributed by atoms with van der Waals surface area (Å²) in [6, 6.07) is 0. The maximum absolute atomic E-state index is 12.0. The van der Waals surface area contributed by atoms with E-state index in [2.05, 4.69) is 25.8 Å². The van der Waals surface area contributed by atoms with E-state index in [9.17, 15) is 8.42 Å². The molecule has 0 radical (unpaired) electrons. The largest absolute Gasteiger partial charge is 0.274 e. The minimum atomic E-state index is -3.40. The molecule has 1 aromatic heterocycles. The van der Waals surface area contributed by atoms with Gasteiger partial charge in [0.25, 0.3) is 0 Å².